The molecule has 0 spiro atoms. The van der Waals surface area contributed by atoms with E-state index in [2.05, 4.69) is 32.0 Å². The fourth-order valence-electron chi connectivity index (χ4n) is 4.35. The zero-order chi connectivity index (χ0) is 14.9. The van der Waals surface area contributed by atoms with Gasteiger partial charge in [-0.2, -0.15) is 0 Å². The molecule has 1 fully saturated rings. The summed E-state index contributed by atoms with van der Waals surface area (Å²) in [6.45, 7) is 5.44. The molecule has 2 aliphatic rings. The Morgan fingerprint density at radius 3 is 2.86 bits per heavy atom. The molecule has 1 aliphatic carbocycles. The number of aliphatic hydroxyl groups is 1. The number of fused-ring (bicyclic) bond motifs is 1. The number of hydrogen-bond acceptors (Lipinski definition) is 2. The average molecular weight is 288 g/mol. The molecule has 1 aliphatic heterocycles. The van der Waals surface area contributed by atoms with Crippen molar-refractivity contribution in [3.63, 3.8) is 0 Å². The Bertz CT molecular complexity index is 480. The Hall–Kier alpha value is -1.02. The third-order valence-electron chi connectivity index (χ3n) is 5.66. The van der Waals surface area contributed by atoms with E-state index in [1.54, 1.807) is 0 Å². The normalized spacial score (nSPS) is 29.3. The summed E-state index contributed by atoms with van der Waals surface area (Å²) in [5.41, 5.74) is 1.57. The first-order chi connectivity index (χ1) is 10.1. The van der Waals surface area contributed by atoms with E-state index >= 15 is 0 Å². The molecule has 1 N–H and O–H groups in total. The molecule has 3 unspecified atom stereocenters. The van der Waals surface area contributed by atoms with Crippen LogP contribution < -0.4 is 4.74 Å². The summed E-state index contributed by atoms with van der Waals surface area (Å²) < 4.78 is 5.74. The van der Waals surface area contributed by atoms with E-state index in [0.29, 0.717) is 11.8 Å². The monoisotopic (exact) mass is 288 g/mol. The van der Waals surface area contributed by atoms with E-state index < -0.39 is 0 Å². The predicted octanol–water partition coefficient (Wildman–Crippen LogP) is 4.52. The van der Waals surface area contributed by atoms with Crippen LogP contribution in [0.25, 0.3) is 0 Å². The molecule has 1 saturated carbocycles. The standard InChI is InChI=1S/C19H28O2/c1-19(2)11-6-5-8-16(19)17(20)13-14-10-12-21-18-9-4-3-7-15(14)18/h3-4,7,9,14,16-17,20H,5-6,8,10-13H2,1-2H3. The summed E-state index contributed by atoms with van der Waals surface area (Å²) >= 11 is 0. The minimum Gasteiger partial charge on any atom is -0.493 e. The van der Waals surface area contributed by atoms with Crippen molar-refractivity contribution in [2.24, 2.45) is 11.3 Å². The van der Waals surface area contributed by atoms with E-state index in [0.717, 1.165) is 25.2 Å². The molecule has 0 amide bonds. The van der Waals surface area contributed by atoms with Crippen LogP contribution in [0.1, 0.15) is 63.9 Å². The third kappa shape index (κ3) is 3.11. The summed E-state index contributed by atoms with van der Waals surface area (Å²) in [5.74, 6) is 1.91. The molecule has 1 heterocycles. The van der Waals surface area contributed by atoms with E-state index in [9.17, 15) is 5.11 Å². The molecule has 2 heteroatoms. The molecule has 3 rings (SSSR count). The molecule has 21 heavy (non-hydrogen) atoms. The molecule has 116 valence electrons. The first kappa shape index (κ1) is 14.9. The van der Waals surface area contributed by atoms with Crippen LogP contribution in [0, 0.1) is 11.3 Å². The summed E-state index contributed by atoms with van der Waals surface area (Å²) in [6.07, 6.45) is 6.75. The maximum atomic E-state index is 10.8. The Morgan fingerprint density at radius 2 is 2.05 bits per heavy atom. The highest BCUT2D eigenvalue weighted by molar-refractivity contribution is 5.37. The smallest absolute Gasteiger partial charge is 0.122 e. The largest absolute Gasteiger partial charge is 0.493 e. The fourth-order valence-corrected chi connectivity index (χ4v) is 4.35. The van der Waals surface area contributed by atoms with Gasteiger partial charge in [0.05, 0.1) is 12.7 Å². The Labute approximate surface area is 128 Å². The van der Waals surface area contributed by atoms with Gasteiger partial charge in [-0.3, -0.25) is 0 Å². The van der Waals surface area contributed by atoms with Crippen molar-refractivity contribution >= 4 is 0 Å². The molecule has 3 atom stereocenters. The molecular weight excluding hydrogens is 260 g/mol. The van der Waals surface area contributed by atoms with Crippen LogP contribution in [0.2, 0.25) is 0 Å². The van der Waals surface area contributed by atoms with Gasteiger partial charge in [-0.05, 0) is 54.6 Å². The SMILES string of the molecule is CC1(C)CCCCC1C(O)CC1CCOc2ccccc21. The van der Waals surface area contributed by atoms with E-state index in [1.807, 2.05) is 6.07 Å². The molecular formula is C19H28O2. The van der Waals surface area contributed by atoms with Crippen LogP contribution in [0.4, 0.5) is 0 Å². The average Bonchev–Trinajstić information content (AvgIpc) is 2.47. The minimum absolute atomic E-state index is 0.184. The van der Waals surface area contributed by atoms with Crippen LogP contribution in [-0.4, -0.2) is 17.8 Å². The van der Waals surface area contributed by atoms with Crippen molar-refractivity contribution in [2.75, 3.05) is 6.61 Å². The van der Waals surface area contributed by atoms with Gasteiger partial charge in [0.1, 0.15) is 5.75 Å². The molecule has 0 bridgehead atoms. The van der Waals surface area contributed by atoms with Crippen LogP contribution in [0.3, 0.4) is 0 Å². The Morgan fingerprint density at radius 1 is 1.24 bits per heavy atom. The second-order valence-electron chi connectivity index (χ2n) is 7.52. The zero-order valence-electron chi connectivity index (χ0n) is 13.3. The molecule has 2 nitrogen and oxygen atoms in total. The van der Waals surface area contributed by atoms with E-state index in [4.69, 9.17) is 4.74 Å². The summed E-state index contributed by atoms with van der Waals surface area (Å²) in [6, 6.07) is 8.33. The van der Waals surface area contributed by atoms with Crippen LogP contribution in [0.5, 0.6) is 5.75 Å². The minimum atomic E-state index is -0.184. The molecule has 1 aromatic rings. The summed E-state index contributed by atoms with van der Waals surface area (Å²) in [5, 5.41) is 10.8. The Balaban J connectivity index is 1.72. The first-order valence-corrected chi connectivity index (χ1v) is 8.48. The fraction of sp³-hybridized carbons (Fsp3) is 0.684. The highest BCUT2D eigenvalue weighted by Gasteiger charge is 2.38. The van der Waals surface area contributed by atoms with Crippen molar-refractivity contribution in [1.29, 1.82) is 0 Å². The number of hydrogen-bond donors (Lipinski definition) is 1. The maximum Gasteiger partial charge on any atom is 0.122 e. The number of rotatable bonds is 3. The lowest BCUT2D eigenvalue weighted by atomic mass is 9.65. The van der Waals surface area contributed by atoms with Crippen molar-refractivity contribution in [1.82, 2.24) is 0 Å². The van der Waals surface area contributed by atoms with E-state index in [-0.39, 0.29) is 11.5 Å². The second kappa shape index (κ2) is 6.00. The van der Waals surface area contributed by atoms with Gasteiger partial charge in [0.15, 0.2) is 0 Å². The number of aliphatic hydroxyl groups excluding tert-OH is 1. The van der Waals surface area contributed by atoms with Crippen molar-refractivity contribution in [2.45, 2.75) is 64.4 Å². The van der Waals surface area contributed by atoms with Gasteiger partial charge in [0.2, 0.25) is 0 Å². The van der Waals surface area contributed by atoms with Crippen molar-refractivity contribution in [3.05, 3.63) is 29.8 Å². The highest BCUT2D eigenvalue weighted by Crippen LogP contribution is 2.45. The van der Waals surface area contributed by atoms with E-state index in [1.165, 1.54) is 31.2 Å². The molecule has 0 aromatic heterocycles. The van der Waals surface area contributed by atoms with Crippen molar-refractivity contribution < 1.29 is 9.84 Å². The second-order valence-corrected chi connectivity index (χ2v) is 7.52. The molecule has 1 aromatic carbocycles. The Kier molecular flexibility index (Phi) is 4.26. The molecule has 0 saturated heterocycles. The number of benzene rings is 1. The number of ether oxygens (including phenoxy) is 1. The summed E-state index contributed by atoms with van der Waals surface area (Å²) in [4.78, 5) is 0. The van der Waals surface area contributed by atoms with Gasteiger partial charge in [0.25, 0.3) is 0 Å². The van der Waals surface area contributed by atoms with Crippen molar-refractivity contribution in [3.8, 4) is 5.75 Å². The lowest BCUT2D eigenvalue weighted by molar-refractivity contribution is -0.00487. The van der Waals surface area contributed by atoms with Crippen LogP contribution in [0.15, 0.2) is 24.3 Å². The molecule has 0 radical (unpaired) electrons. The quantitative estimate of drug-likeness (QED) is 0.886. The maximum absolute atomic E-state index is 10.8. The predicted molar refractivity (Wildman–Crippen MR) is 85.7 cm³/mol. The third-order valence-corrected chi connectivity index (χ3v) is 5.66. The topological polar surface area (TPSA) is 29.5 Å². The van der Waals surface area contributed by atoms with Gasteiger partial charge in [-0.1, -0.05) is 44.9 Å². The van der Waals surface area contributed by atoms with Crippen LogP contribution >= 0.6 is 0 Å². The summed E-state index contributed by atoms with van der Waals surface area (Å²) in [7, 11) is 0. The van der Waals surface area contributed by atoms with Gasteiger partial charge in [-0.15, -0.1) is 0 Å². The van der Waals surface area contributed by atoms with Gasteiger partial charge < -0.3 is 9.84 Å². The first-order valence-electron chi connectivity index (χ1n) is 8.48. The van der Waals surface area contributed by atoms with Crippen LogP contribution in [-0.2, 0) is 0 Å². The van der Waals surface area contributed by atoms with Gasteiger partial charge in [-0.25, -0.2) is 0 Å². The number of para-hydroxylation sites is 1. The zero-order valence-corrected chi connectivity index (χ0v) is 13.3. The lowest BCUT2D eigenvalue weighted by Crippen LogP contribution is -2.38. The highest BCUT2D eigenvalue weighted by atomic mass is 16.5. The lowest BCUT2D eigenvalue weighted by Gasteiger charge is -2.42. The van der Waals surface area contributed by atoms with Gasteiger partial charge in [0, 0.05) is 0 Å². The van der Waals surface area contributed by atoms with Gasteiger partial charge >= 0.3 is 0 Å².